The first-order valence-corrected chi connectivity index (χ1v) is 12.6. The molecule has 3 fully saturated rings. The third kappa shape index (κ3) is 3.53. The first-order chi connectivity index (χ1) is 14.6. The first kappa shape index (κ1) is 22.7. The second kappa shape index (κ2) is 8.15. The molecule has 2 unspecified atom stereocenters. The van der Waals surface area contributed by atoms with E-state index in [1.165, 1.54) is 5.57 Å². The van der Waals surface area contributed by atoms with Crippen LogP contribution in [0.25, 0.3) is 0 Å². The molecule has 4 nitrogen and oxygen atoms in total. The summed E-state index contributed by atoms with van der Waals surface area (Å²) >= 11 is 0. The molecule has 4 aliphatic carbocycles. The fourth-order valence-corrected chi connectivity index (χ4v) is 8.22. The molecule has 3 saturated carbocycles. The van der Waals surface area contributed by atoms with E-state index in [1.54, 1.807) is 6.92 Å². The SMILES string of the molecule is CCCC(C)C(=O)OC1CC(=O)C=C2CC[C@H]3[C@@H]4CC[C@H](C(C)=O)[C@@]4(C)CC[C@@H]3[C@]21C. The molecule has 0 heterocycles. The summed E-state index contributed by atoms with van der Waals surface area (Å²) in [7, 11) is 0. The highest BCUT2D eigenvalue weighted by Gasteiger charge is 2.62. The number of rotatable bonds is 5. The molecule has 0 saturated heterocycles. The predicted octanol–water partition coefficient (Wildman–Crippen LogP) is 5.68. The van der Waals surface area contributed by atoms with Crippen LogP contribution in [0.1, 0.15) is 92.4 Å². The molecule has 172 valence electrons. The summed E-state index contributed by atoms with van der Waals surface area (Å²) in [5.41, 5.74) is 1.06. The summed E-state index contributed by atoms with van der Waals surface area (Å²) in [6, 6.07) is 0. The monoisotopic (exact) mass is 428 g/mol. The van der Waals surface area contributed by atoms with Crippen molar-refractivity contribution < 1.29 is 19.1 Å². The zero-order valence-electron chi connectivity index (χ0n) is 20.0. The Labute approximate surface area is 187 Å². The maximum atomic E-state index is 12.8. The Hall–Kier alpha value is -1.45. The van der Waals surface area contributed by atoms with Crippen LogP contribution in [0, 0.1) is 40.4 Å². The summed E-state index contributed by atoms with van der Waals surface area (Å²) in [5.74, 6) is 1.90. The third-order valence-electron chi connectivity index (χ3n) is 9.91. The van der Waals surface area contributed by atoms with Gasteiger partial charge in [-0.05, 0) is 81.1 Å². The zero-order chi connectivity index (χ0) is 22.6. The van der Waals surface area contributed by atoms with E-state index in [-0.39, 0.29) is 40.5 Å². The van der Waals surface area contributed by atoms with Crippen molar-refractivity contribution in [2.24, 2.45) is 40.4 Å². The van der Waals surface area contributed by atoms with E-state index in [0.29, 0.717) is 30.0 Å². The van der Waals surface area contributed by atoms with Gasteiger partial charge in [0.05, 0.1) is 5.92 Å². The van der Waals surface area contributed by atoms with Crippen LogP contribution >= 0.6 is 0 Å². The summed E-state index contributed by atoms with van der Waals surface area (Å²) < 4.78 is 6.14. The van der Waals surface area contributed by atoms with E-state index in [0.717, 1.165) is 51.4 Å². The Balaban J connectivity index is 1.64. The molecule has 0 N–H and O–H groups in total. The van der Waals surface area contributed by atoms with Crippen molar-refractivity contribution >= 4 is 17.5 Å². The van der Waals surface area contributed by atoms with Gasteiger partial charge in [-0.15, -0.1) is 0 Å². The highest BCUT2D eigenvalue weighted by molar-refractivity contribution is 5.92. The van der Waals surface area contributed by atoms with E-state index in [2.05, 4.69) is 20.8 Å². The lowest BCUT2D eigenvalue weighted by molar-refractivity contribution is -0.170. The molecule has 0 amide bonds. The number of carbonyl (C=O) groups is 3. The zero-order valence-corrected chi connectivity index (χ0v) is 20.0. The molecule has 0 radical (unpaired) electrons. The molecule has 4 heteroatoms. The Kier molecular flexibility index (Phi) is 5.98. The highest BCUT2D eigenvalue weighted by atomic mass is 16.5. The van der Waals surface area contributed by atoms with Crippen molar-refractivity contribution in [3.8, 4) is 0 Å². The molecule has 0 aliphatic heterocycles. The third-order valence-corrected chi connectivity index (χ3v) is 9.91. The predicted molar refractivity (Wildman–Crippen MR) is 120 cm³/mol. The maximum absolute atomic E-state index is 12.8. The number of fused-ring (bicyclic) bond motifs is 5. The van der Waals surface area contributed by atoms with Gasteiger partial charge in [-0.25, -0.2) is 0 Å². The molecule has 0 aromatic heterocycles. The normalized spacial score (nSPS) is 42.7. The summed E-state index contributed by atoms with van der Waals surface area (Å²) in [6.07, 6.45) is 9.88. The Bertz CT molecular complexity index is 797. The van der Waals surface area contributed by atoms with Crippen molar-refractivity contribution in [2.75, 3.05) is 0 Å². The van der Waals surface area contributed by atoms with Crippen molar-refractivity contribution in [2.45, 2.75) is 98.5 Å². The molecule has 31 heavy (non-hydrogen) atoms. The first-order valence-electron chi connectivity index (χ1n) is 12.6. The number of ether oxygens (including phenoxy) is 1. The van der Waals surface area contributed by atoms with Crippen LogP contribution in [0.15, 0.2) is 11.6 Å². The van der Waals surface area contributed by atoms with Crippen LogP contribution in [0.2, 0.25) is 0 Å². The van der Waals surface area contributed by atoms with Gasteiger partial charge in [0.25, 0.3) is 0 Å². The number of hydrogen-bond acceptors (Lipinski definition) is 4. The second-order valence-electron chi connectivity index (χ2n) is 11.4. The van der Waals surface area contributed by atoms with Crippen LogP contribution in [-0.4, -0.2) is 23.6 Å². The van der Waals surface area contributed by atoms with Gasteiger partial charge in [0, 0.05) is 17.8 Å². The minimum absolute atomic E-state index is 0.102. The van der Waals surface area contributed by atoms with Crippen LogP contribution in [0.3, 0.4) is 0 Å². The molecule has 0 aromatic carbocycles. The van der Waals surface area contributed by atoms with Gasteiger partial charge >= 0.3 is 5.97 Å². The summed E-state index contributed by atoms with van der Waals surface area (Å²) in [4.78, 5) is 37.8. The van der Waals surface area contributed by atoms with E-state index < -0.39 is 0 Å². The number of hydrogen-bond donors (Lipinski definition) is 0. The summed E-state index contributed by atoms with van der Waals surface area (Å²) in [6.45, 7) is 10.4. The number of carbonyl (C=O) groups excluding carboxylic acids is 3. The van der Waals surface area contributed by atoms with E-state index >= 15 is 0 Å². The Morgan fingerprint density at radius 2 is 1.90 bits per heavy atom. The highest BCUT2D eigenvalue weighted by Crippen LogP contribution is 2.67. The lowest BCUT2D eigenvalue weighted by atomic mass is 9.46. The number of ketones is 2. The largest absolute Gasteiger partial charge is 0.461 e. The van der Waals surface area contributed by atoms with Gasteiger partial charge in [-0.1, -0.05) is 39.7 Å². The number of Topliss-reactive ketones (excluding diaryl/α,β-unsaturated/α-hetero) is 1. The molecular formula is C27H40O4. The lowest BCUT2D eigenvalue weighted by Gasteiger charge is -2.59. The van der Waals surface area contributed by atoms with Gasteiger partial charge < -0.3 is 4.74 Å². The maximum Gasteiger partial charge on any atom is 0.308 e. The van der Waals surface area contributed by atoms with Gasteiger partial charge in [-0.2, -0.15) is 0 Å². The van der Waals surface area contributed by atoms with Gasteiger partial charge in [0.15, 0.2) is 5.78 Å². The van der Waals surface area contributed by atoms with Crippen molar-refractivity contribution in [1.29, 1.82) is 0 Å². The molecule has 0 bridgehead atoms. The minimum atomic E-state index is -0.353. The quantitative estimate of drug-likeness (QED) is 0.529. The topological polar surface area (TPSA) is 60.4 Å². The van der Waals surface area contributed by atoms with Crippen LogP contribution in [0.5, 0.6) is 0 Å². The fraction of sp³-hybridized carbons (Fsp3) is 0.815. The van der Waals surface area contributed by atoms with Crippen LogP contribution < -0.4 is 0 Å². The number of esters is 1. The molecule has 0 aromatic rings. The molecule has 0 spiro atoms. The smallest absolute Gasteiger partial charge is 0.308 e. The molecule has 8 atom stereocenters. The lowest BCUT2D eigenvalue weighted by Crippen LogP contribution is -2.56. The van der Waals surface area contributed by atoms with Gasteiger partial charge in [0.2, 0.25) is 0 Å². The minimum Gasteiger partial charge on any atom is -0.461 e. The molecule has 4 rings (SSSR count). The van der Waals surface area contributed by atoms with Crippen LogP contribution in [0.4, 0.5) is 0 Å². The Morgan fingerprint density at radius 3 is 2.58 bits per heavy atom. The molecule has 4 aliphatic rings. The van der Waals surface area contributed by atoms with Gasteiger partial charge in [0.1, 0.15) is 11.9 Å². The average Bonchev–Trinajstić information content (AvgIpc) is 3.06. The fourth-order valence-electron chi connectivity index (χ4n) is 8.22. The van der Waals surface area contributed by atoms with E-state index in [1.807, 2.05) is 13.0 Å². The van der Waals surface area contributed by atoms with Gasteiger partial charge in [-0.3, -0.25) is 14.4 Å². The Morgan fingerprint density at radius 1 is 1.16 bits per heavy atom. The van der Waals surface area contributed by atoms with Crippen molar-refractivity contribution in [3.05, 3.63) is 11.6 Å². The van der Waals surface area contributed by atoms with E-state index in [9.17, 15) is 14.4 Å². The van der Waals surface area contributed by atoms with Crippen molar-refractivity contribution in [3.63, 3.8) is 0 Å². The standard InChI is InChI=1S/C27H40O4/c1-6-7-16(2)25(30)31-24-15-19(29)14-18-8-9-20-22-11-10-21(17(3)28)26(22,4)13-12-23(20)27(18,24)5/h14,16,20-24H,6-13,15H2,1-5H3/t16?,20-,21+,22-,23-,24?,26+,27-/m0/s1. The van der Waals surface area contributed by atoms with Crippen LogP contribution in [-0.2, 0) is 19.1 Å². The molecular weight excluding hydrogens is 388 g/mol. The van der Waals surface area contributed by atoms with Crippen molar-refractivity contribution in [1.82, 2.24) is 0 Å². The summed E-state index contributed by atoms with van der Waals surface area (Å²) in [5, 5.41) is 0. The second-order valence-corrected chi connectivity index (χ2v) is 11.4. The van der Waals surface area contributed by atoms with E-state index in [4.69, 9.17) is 4.74 Å². The average molecular weight is 429 g/mol.